The van der Waals surface area contributed by atoms with Gasteiger partial charge in [-0.05, 0) is 51.6 Å². The van der Waals surface area contributed by atoms with Gasteiger partial charge in [-0.15, -0.1) is 0 Å². The quantitative estimate of drug-likeness (QED) is 0.794. The van der Waals surface area contributed by atoms with Crippen LogP contribution in [0.2, 0.25) is 0 Å². The minimum absolute atomic E-state index is 0.104. The standard InChI is InChI=1S/C19H29BO3/c1-17(2)18(3,4)23-20(22-17)16-11-9-15(10-12-16)19(21-5)13-7-6-8-14-19/h9-12H,6-8,13-14H2,1-5H3. The van der Waals surface area contributed by atoms with E-state index in [2.05, 4.69) is 52.0 Å². The number of hydrogen-bond donors (Lipinski definition) is 0. The lowest BCUT2D eigenvalue weighted by atomic mass is 9.75. The molecule has 1 aromatic rings. The molecule has 1 aromatic carbocycles. The summed E-state index contributed by atoms with van der Waals surface area (Å²) in [6.45, 7) is 8.35. The highest BCUT2D eigenvalue weighted by atomic mass is 16.7. The van der Waals surface area contributed by atoms with Gasteiger partial charge in [0.1, 0.15) is 0 Å². The number of hydrogen-bond acceptors (Lipinski definition) is 3. The molecule has 1 heterocycles. The third kappa shape index (κ3) is 2.97. The SMILES string of the molecule is COC1(c2ccc(B3OC(C)(C)C(C)(C)O3)cc2)CCCCC1. The van der Waals surface area contributed by atoms with Gasteiger partial charge in [0, 0.05) is 7.11 Å². The third-order valence-electron chi connectivity index (χ3n) is 6.01. The van der Waals surface area contributed by atoms with Crippen molar-refractivity contribution in [2.45, 2.75) is 76.6 Å². The van der Waals surface area contributed by atoms with Crippen molar-refractivity contribution in [3.63, 3.8) is 0 Å². The van der Waals surface area contributed by atoms with Crippen molar-refractivity contribution in [1.82, 2.24) is 0 Å². The molecule has 0 spiro atoms. The highest BCUT2D eigenvalue weighted by Crippen LogP contribution is 2.40. The normalized spacial score (nSPS) is 25.5. The molecule has 126 valence electrons. The van der Waals surface area contributed by atoms with Gasteiger partial charge in [-0.3, -0.25) is 0 Å². The molecule has 1 aliphatic carbocycles. The molecule has 0 aromatic heterocycles. The average Bonchev–Trinajstić information content (AvgIpc) is 2.76. The van der Waals surface area contributed by atoms with Gasteiger partial charge in [-0.25, -0.2) is 0 Å². The van der Waals surface area contributed by atoms with Crippen molar-refractivity contribution >= 4 is 12.6 Å². The molecule has 0 unspecified atom stereocenters. The van der Waals surface area contributed by atoms with Crippen LogP contribution in [-0.4, -0.2) is 25.4 Å². The summed E-state index contributed by atoms with van der Waals surface area (Å²) in [6, 6.07) is 8.64. The Morgan fingerprint density at radius 3 is 1.87 bits per heavy atom. The minimum atomic E-state index is -0.298. The molecule has 1 aliphatic heterocycles. The highest BCUT2D eigenvalue weighted by molar-refractivity contribution is 6.62. The van der Waals surface area contributed by atoms with Crippen LogP contribution in [0.5, 0.6) is 0 Å². The van der Waals surface area contributed by atoms with E-state index in [9.17, 15) is 0 Å². The topological polar surface area (TPSA) is 27.7 Å². The van der Waals surface area contributed by atoms with E-state index in [1.807, 2.05) is 7.11 Å². The van der Waals surface area contributed by atoms with Crippen LogP contribution in [0.1, 0.15) is 65.4 Å². The fraction of sp³-hybridized carbons (Fsp3) is 0.684. The van der Waals surface area contributed by atoms with Crippen molar-refractivity contribution < 1.29 is 14.0 Å². The number of rotatable bonds is 3. The highest BCUT2D eigenvalue weighted by Gasteiger charge is 2.51. The first-order valence-electron chi connectivity index (χ1n) is 8.81. The second kappa shape index (κ2) is 5.91. The molecule has 23 heavy (non-hydrogen) atoms. The van der Waals surface area contributed by atoms with Gasteiger partial charge in [0.2, 0.25) is 0 Å². The third-order valence-corrected chi connectivity index (χ3v) is 6.01. The van der Waals surface area contributed by atoms with Gasteiger partial charge in [0.15, 0.2) is 0 Å². The van der Waals surface area contributed by atoms with Crippen molar-refractivity contribution in [1.29, 1.82) is 0 Å². The molecule has 3 rings (SSSR count). The molecular weight excluding hydrogens is 287 g/mol. The summed E-state index contributed by atoms with van der Waals surface area (Å²) in [6.07, 6.45) is 6.02. The van der Waals surface area contributed by atoms with E-state index >= 15 is 0 Å². The summed E-state index contributed by atoms with van der Waals surface area (Å²) in [5, 5.41) is 0. The molecule has 0 N–H and O–H groups in total. The first-order valence-corrected chi connectivity index (χ1v) is 8.81. The molecule has 2 fully saturated rings. The summed E-state index contributed by atoms with van der Waals surface area (Å²) < 4.78 is 18.2. The van der Waals surface area contributed by atoms with Crippen LogP contribution < -0.4 is 5.46 Å². The van der Waals surface area contributed by atoms with Crippen LogP contribution in [0.4, 0.5) is 0 Å². The van der Waals surface area contributed by atoms with E-state index in [0.29, 0.717) is 0 Å². The Morgan fingerprint density at radius 2 is 1.39 bits per heavy atom. The van der Waals surface area contributed by atoms with Gasteiger partial charge in [-0.1, -0.05) is 43.5 Å². The van der Waals surface area contributed by atoms with Crippen LogP contribution in [0, 0.1) is 0 Å². The molecule has 0 atom stereocenters. The fourth-order valence-electron chi connectivity index (χ4n) is 3.66. The minimum Gasteiger partial charge on any atom is -0.399 e. The van der Waals surface area contributed by atoms with Crippen molar-refractivity contribution in [3.8, 4) is 0 Å². The number of ether oxygens (including phenoxy) is 1. The van der Waals surface area contributed by atoms with E-state index in [1.165, 1.54) is 24.8 Å². The van der Waals surface area contributed by atoms with Gasteiger partial charge < -0.3 is 14.0 Å². The molecule has 1 saturated carbocycles. The van der Waals surface area contributed by atoms with Crippen molar-refractivity contribution in [2.24, 2.45) is 0 Å². The van der Waals surface area contributed by atoms with Gasteiger partial charge in [0.25, 0.3) is 0 Å². The molecule has 0 amide bonds. The zero-order chi connectivity index (χ0) is 16.7. The summed E-state index contributed by atoms with van der Waals surface area (Å²) in [5.74, 6) is 0. The van der Waals surface area contributed by atoms with Crippen LogP contribution >= 0.6 is 0 Å². The Balaban J connectivity index is 1.80. The Morgan fingerprint density at radius 1 is 0.870 bits per heavy atom. The molecule has 0 radical (unpaired) electrons. The Labute approximate surface area is 140 Å². The van der Waals surface area contributed by atoms with Crippen LogP contribution in [0.15, 0.2) is 24.3 Å². The predicted octanol–water partition coefficient (Wildman–Crippen LogP) is 3.79. The molecular formula is C19H29BO3. The summed E-state index contributed by atoms with van der Waals surface area (Å²) in [7, 11) is 1.55. The maximum absolute atomic E-state index is 6.13. The Hall–Kier alpha value is -0.835. The lowest BCUT2D eigenvalue weighted by Gasteiger charge is -2.36. The summed E-state index contributed by atoms with van der Waals surface area (Å²) in [4.78, 5) is 0. The summed E-state index contributed by atoms with van der Waals surface area (Å²) in [5.41, 5.74) is 1.66. The van der Waals surface area contributed by atoms with Crippen molar-refractivity contribution in [3.05, 3.63) is 29.8 Å². The van der Waals surface area contributed by atoms with Gasteiger partial charge in [-0.2, -0.15) is 0 Å². The monoisotopic (exact) mass is 316 g/mol. The zero-order valence-corrected chi connectivity index (χ0v) is 15.1. The molecule has 0 bridgehead atoms. The van der Waals surface area contributed by atoms with Crippen molar-refractivity contribution in [2.75, 3.05) is 7.11 Å². The molecule has 3 nitrogen and oxygen atoms in total. The lowest BCUT2D eigenvalue weighted by molar-refractivity contribution is -0.0445. The average molecular weight is 316 g/mol. The number of methoxy groups -OCH3 is 1. The van der Waals surface area contributed by atoms with Crippen LogP contribution in [0.3, 0.4) is 0 Å². The largest absolute Gasteiger partial charge is 0.494 e. The second-order valence-corrected chi connectivity index (χ2v) is 7.97. The maximum atomic E-state index is 6.13. The molecule has 2 aliphatic rings. The predicted molar refractivity (Wildman–Crippen MR) is 93.9 cm³/mol. The van der Waals surface area contributed by atoms with E-state index in [0.717, 1.165) is 18.3 Å². The molecule has 1 saturated heterocycles. The fourth-order valence-corrected chi connectivity index (χ4v) is 3.66. The first-order chi connectivity index (χ1) is 10.8. The zero-order valence-electron chi connectivity index (χ0n) is 15.1. The van der Waals surface area contributed by atoms with Crippen LogP contribution in [0.25, 0.3) is 0 Å². The van der Waals surface area contributed by atoms with E-state index in [-0.39, 0.29) is 23.9 Å². The van der Waals surface area contributed by atoms with Gasteiger partial charge >= 0.3 is 7.12 Å². The molecule has 4 heteroatoms. The smallest absolute Gasteiger partial charge is 0.399 e. The van der Waals surface area contributed by atoms with E-state index in [1.54, 1.807) is 0 Å². The lowest BCUT2D eigenvalue weighted by Crippen LogP contribution is -2.41. The van der Waals surface area contributed by atoms with E-state index < -0.39 is 0 Å². The van der Waals surface area contributed by atoms with Crippen LogP contribution in [-0.2, 0) is 19.6 Å². The number of benzene rings is 1. The first kappa shape index (κ1) is 17.0. The second-order valence-electron chi connectivity index (χ2n) is 7.97. The Bertz CT molecular complexity index is 528. The summed E-state index contributed by atoms with van der Waals surface area (Å²) >= 11 is 0. The Kier molecular flexibility index (Phi) is 4.37. The maximum Gasteiger partial charge on any atom is 0.494 e. The van der Waals surface area contributed by atoms with Gasteiger partial charge in [0.05, 0.1) is 16.8 Å². The van der Waals surface area contributed by atoms with E-state index in [4.69, 9.17) is 14.0 Å².